The molecule has 2 aromatic rings. The van der Waals surface area contributed by atoms with E-state index in [9.17, 15) is 0 Å². The van der Waals surface area contributed by atoms with Gasteiger partial charge in [-0.1, -0.05) is 11.6 Å². The van der Waals surface area contributed by atoms with Crippen LogP contribution >= 0.6 is 11.6 Å². The lowest BCUT2D eigenvalue weighted by Gasteiger charge is -2.15. The van der Waals surface area contributed by atoms with E-state index in [4.69, 9.17) is 21.1 Å². The molecule has 0 amide bonds. The predicted octanol–water partition coefficient (Wildman–Crippen LogP) is 2.98. The fourth-order valence-corrected chi connectivity index (χ4v) is 2.22. The van der Waals surface area contributed by atoms with E-state index in [0.717, 1.165) is 11.3 Å². The van der Waals surface area contributed by atoms with Crippen molar-refractivity contribution in [2.75, 3.05) is 12.1 Å². The van der Waals surface area contributed by atoms with Crippen molar-refractivity contribution in [2.45, 2.75) is 13.0 Å². The molecule has 0 spiro atoms. The second-order valence-corrected chi connectivity index (χ2v) is 4.91. The molecule has 0 saturated heterocycles. The second-order valence-electron chi connectivity index (χ2n) is 4.50. The van der Waals surface area contributed by atoms with E-state index in [1.54, 1.807) is 10.7 Å². The minimum Gasteiger partial charge on any atom is -0.454 e. The highest BCUT2D eigenvalue weighted by atomic mass is 35.5. The summed E-state index contributed by atoms with van der Waals surface area (Å²) in [5.74, 6) is 1.40. The summed E-state index contributed by atoms with van der Waals surface area (Å²) >= 11 is 6.23. The van der Waals surface area contributed by atoms with Crippen molar-refractivity contribution >= 4 is 17.3 Å². The molecule has 100 valence electrons. The molecule has 1 unspecified atom stereocenters. The standard InChI is InChI=1S/C13H14ClN3O2/c1-8(9-5-15-17(2)6-9)16-11-4-13-12(3-10(11)14)18-7-19-13/h3-6,8,16H,7H2,1-2H3. The Kier molecular flexibility index (Phi) is 2.98. The van der Waals surface area contributed by atoms with Crippen LogP contribution in [0.25, 0.3) is 0 Å². The molecule has 1 N–H and O–H groups in total. The predicted molar refractivity (Wildman–Crippen MR) is 72.8 cm³/mol. The van der Waals surface area contributed by atoms with E-state index < -0.39 is 0 Å². The van der Waals surface area contributed by atoms with Crippen LogP contribution < -0.4 is 14.8 Å². The first-order chi connectivity index (χ1) is 9.13. The molecule has 0 aliphatic carbocycles. The van der Waals surface area contributed by atoms with Gasteiger partial charge in [0, 0.05) is 30.9 Å². The molecule has 1 atom stereocenters. The molecule has 1 aliphatic rings. The van der Waals surface area contributed by atoms with Crippen LogP contribution in [0.15, 0.2) is 24.5 Å². The third-order valence-corrected chi connectivity index (χ3v) is 3.37. The van der Waals surface area contributed by atoms with Gasteiger partial charge in [0.25, 0.3) is 0 Å². The Bertz CT molecular complexity index is 612. The molecule has 19 heavy (non-hydrogen) atoms. The maximum atomic E-state index is 6.23. The summed E-state index contributed by atoms with van der Waals surface area (Å²) in [5, 5.41) is 8.12. The van der Waals surface area contributed by atoms with Crippen molar-refractivity contribution in [1.82, 2.24) is 9.78 Å². The molecule has 3 rings (SSSR count). The number of benzene rings is 1. The van der Waals surface area contributed by atoms with Gasteiger partial charge in [-0.3, -0.25) is 4.68 Å². The summed E-state index contributed by atoms with van der Waals surface area (Å²) in [7, 11) is 1.89. The molecular formula is C13H14ClN3O2. The van der Waals surface area contributed by atoms with E-state index in [1.165, 1.54) is 0 Å². The lowest BCUT2D eigenvalue weighted by molar-refractivity contribution is 0.174. The van der Waals surface area contributed by atoms with Crippen molar-refractivity contribution in [2.24, 2.45) is 7.05 Å². The number of rotatable bonds is 3. The maximum absolute atomic E-state index is 6.23. The van der Waals surface area contributed by atoms with E-state index in [1.807, 2.05) is 25.5 Å². The number of nitrogens with zero attached hydrogens (tertiary/aromatic N) is 2. The van der Waals surface area contributed by atoms with Crippen molar-refractivity contribution in [1.29, 1.82) is 0 Å². The first-order valence-electron chi connectivity index (χ1n) is 5.97. The van der Waals surface area contributed by atoms with E-state index in [-0.39, 0.29) is 12.8 Å². The molecule has 1 aliphatic heterocycles. The monoisotopic (exact) mass is 279 g/mol. The summed E-state index contributed by atoms with van der Waals surface area (Å²) < 4.78 is 12.4. The van der Waals surface area contributed by atoms with Crippen LogP contribution in [0.3, 0.4) is 0 Å². The van der Waals surface area contributed by atoms with Crippen LogP contribution in [0.2, 0.25) is 5.02 Å². The minimum absolute atomic E-state index is 0.103. The fourth-order valence-electron chi connectivity index (χ4n) is 2.01. The van der Waals surface area contributed by atoms with E-state index in [0.29, 0.717) is 16.5 Å². The van der Waals surface area contributed by atoms with Gasteiger partial charge in [-0.15, -0.1) is 0 Å². The van der Waals surface area contributed by atoms with Gasteiger partial charge < -0.3 is 14.8 Å². The number of hydrogen-bond acceptors (Lipinski definition) is 4. The number of ether oxygens (including phenoxy) is 2. The number of aromatic nitrogens is 2. The normalized spacial score (nSPS) is 14.5. The van der Waals surface area contributed by atoms with Crippen molar-refractivity contribution in [3.8, 4) is 11.5 Å². The Morgan fingerprint density at radius 1 is 1.37 bits per heavy atom. The number of halogens is 1. The molecule has 1 aromatic carbocycles. The van der Waals surface area contributed by atoms with Crippen molar-refractivity contribution in [3.05, 3.63) is 35.1 Å². The molecule has 0 saturated carbocycles. The SMILES string of the molecule is CC(Nc1cc2c(cc1Cl)OCO2)c1cnn(C)c1. The Morgan fingerprint density at radius 2 is 2.11 bits per heavy atom. The Labute approximate surface area is 116 Å². The number of nitrogens with one attached hydrogen (secondary N) is 1. The first-order valence-corrected chi connectivity index (χ1v) is 6.35. The molecular weight excluding hydrogens is 266 g/mol. The zero-order valence-corrected chi connectivity index (χ0v) is 11.4. The van der Waals surface area contributed by atoms with Gasteiger partial charge in [0.05, 0.1) is 22.9 Å². The van der Waals surface area contributed by atoms with Crippen molar-refractivity contribution < 1.29 is 9.47 Å². The summed E-state index contributed by atoms with van der Waals surface area (Å²) in [5.41, 5.74) is 1.92. The summed E-state index contributed by atoms with van der Waals surface area (Å²) in [6, 6.07) is 3.73. The topological polar surface area (TPSA) is 48.3 Å². The van der Waals surface area contributed by atoms with Crippen LogP contribution in [0.4, 0.5) is 5.69 Å². The molecule has 0 fully saturated rings. The molecule has 0 bridgehead atoms. The minimum atomic E-state index is 0.103. The van der Waals surface area contributed by atoms with Crippen LogP contribution in [0.5, 0.6) is 11.5 Å². The highest BCUT2D eigenvalue weighted by molar-refractivity contribution is 6.33. The van der Waals surface area contributed by atoms with E-state index >= 15 is 0 Å². The van der Waals surface area contributed by atoms with Gasteiger partial charge in [0.15, 0.2) is 11.5 Å². The molecule has 6 heteroatoms. The lowest BCUT2D eigenvalue weighted by atomic mass is 10.1. The van der Waals surface area contributed by atoms with Gasteiger partial charge in [0.1, 0.15) is 0 Å². The third-order valence-electron chi connectivity index (χ3n) is 3.06. The quantitative estimate of drug-likeness (QED) is 0.938. The highest BCUT2D eigenvalue weighted by Gasteiger charge is 2.18. The third kappa shape index (κ3) is 2.33. The van der Waals surface area contributed by atoms with Crippen molar-refractivity contribution in [3.63, 3.8) is 0 Å². The number of hydrogen-bond donors (Lipinski definition) is 1. The molecule has 0 radical (unpaired) electrons. The smallest absolute Gasteiger partial charge is 0.231 e. The van der Waals surface area contributed by atoms with Gasteiger partial charge in [0.2, 0.25) is 6.79 Å². The Morgan fingerprint density at radius 3 is 2.79 bits per heavy atom. The number of fused-ring (bicyclic) bond motifs is 1. The van der Waals surface area contributed by atoms with Gasteiger partial charge >= 0.3 is 0 Å². The highest BCUT2D eigenvalue weighted by Crippen LogP contribution is 2.40. The van der Waals surface area contributed by atoms with Gasteiger partial charge in [-0.25, -0.2) is 0 Å². The van der Waals surface area contributed by atoms with Crippen LogP contribution in [0.1, 0.15) is 18.5 Å². The number of aryl methyl sites for hydroxylation is 1. The Hall–Kier alpha value is -1.88. The Balaban J connectivity index is 1.83. The average molecular weight is 280 g/mol. The van der Waals surface area contributed by atoms with Gasteiger partial charge in [-0.05, 0) is 6.92 Å². The molecule has 5 nitrogen and oxygen atoms in total. The summed E-state index contributed by atoms with van der Waals surface area (Å²) in [4.78, 5) is 0. The lowest BCUT2D eigenvalue weighted by Crippen LogP contribution is -2.06. The maximum Gasteiger partial charge on any atom is 0.231 e. The van der Waals surface area contributed by atoms with E-state index in [2.05, 4.69) is 17.3 Å². The van der Waals surface area contributed by atoms with Crippen LogP contribution in [0, 0.1) is 0 Å². The van der Waals surface area contributed by atoms with Crippen LogP contribution in [-0.4, -0.2) is 16.6 Å². The van der Waals surface area contributed by atoms with Crippen LogP contribution in [-0.2, 0) is 7.05 Å². The second kappa shape index (κ2) is 4.66. The zero-order chi connectivity index (χ0) is 13.4. The largest absolute Gasteiger partial charge is 0.454 e. The average Bonchev–Trinajstić information content (AvgIpc) is 2.98. The first kappa shape index (κ1) is 12.2. The number of anilines is 1. The van der Waals surface area contributed by atoms with Gasteiger partial charge in [-0.2, -0.15) is 5.10 Å². The zero-order valence-electron chi connectivity index (χ0n) is 10.7. The molecule has 2 heterocycles. The molecule has 1 aromatic heterocycles. The summed E-state index contributed by atoms with van der Waals surface area (Å²) in [6.07, 6.45) is 3.80. The fraction of sp³-hybridized carbons (Fsp3) is 0.308. The summed E-state index contributed by atoms with van der Waals surface area (Å²) in [6.45, 7) is 2.30.